The van der Waals surface area contributed by atoms with E-state index in [2.05, 4.69) is 9.97 Å². The van der Waals surface area contributed by atoms with Crippen molar-refractivity contribution in [3.63, 3.8) is 0 Å². The summed E-state index contributed by atoms with van der Waals surface area (Å²) in [7, 11) is 1.73. The Labute approximate surface area is 146 Å². The Balaban J connectivity index is 1.57. The highest BCUT2D eigenvalue weighted by Crippen LogP contribution is 2.25. The maximum absolute atomic E-state index is 13.3. The number of aromatic nitrogens is 2. The van der Waals surface area contributed by atoms with Crippen LogP contribution in [-0.2, 0) is 6.54 Å². The highest BCUT2D eigenvalue weighted by molar-refractivity contribution is 7.22. The molecule has 0 unspecified atom stereocenters. The molecule has 2 aromatic heterocycles. The zero-order chi connectivity index (χ0) is 17.6. The van der Waals surface area contributed by atoms with E-state index < -0.39 is 0 Å². The van der Waals surface area contributed by atoms with Gasteiger partial charge < -0.3 is 15.6 Å². The summed E-state index contributed by atoms with van der Waals surface area (Å²) in [5.41, 5.74) is 8.68. The minimum atomic E-state index is -0.279. The van der Waals surface area contributed by atoms with E-state index in [1.807, 2.05) is 12.1 Å². The summed E-state index contributed by atoms with van der Waals surface area (Å²) in [5.74, 6) is -0.392. The van der Waals surface area contributed by atoms with Gasteiger partial charge in [-0.15, -0.1) is 0 Å². The summed E-state index contributed by atoms with van der Waals surface area (Å²) in [6, 6.07) is 11.8. The van der Waals surface area contributed by atoms with Crippen molar-refractivity contribution in [1.29, 1.82) is 0 Å². The second-order valence-corrected chi connectivity index (χ2v) is 6.98. The first-order chi connectivity index (χ1) is 12.0. The van der Waals surface area contributed by atoms with Gasteiger partial charge in [-0.3, -0.25) is 4.79 Å². The number of hydrogen-bond acceptors (Lipinski definition) is 4. The van der Waals surface area contributed by atoms with Crippen molar-refractivity contribution in [2.75, 3.05) is 12.8 Å². The molecular formula is C18H15FN4OS. The van der Waals surface area contributed by atoms with E-state index in [9.17, 15) is 9.18 Å². The number of aromatic amines is 1. The van der Waals surface area contributed by atoms with Crippen molar-refractivity contribution in [2.45, 2.75) is 6.54 Å². The number of thiazole rings is 1. The summed E-state index contributed by atoms with van der Waals surface area (Å²) >= 11 is 1.39. The van der Waals surface area contributed by atoms with Gasteiger partial charge in [0.1, 0.15) is 5.82 Å². The molecule has 126 valence electrons. The third kappa shape index (κ3) is 2.94. The molecule has 2 heterocycles. The smallest absolute Gasteiger partial charge is 0.254 e. The quantitative estimate of drug-likeness (QED) is 0.588. The molecule has 0 aliphatic carbocycles. The van der Waals surface area contributed by atoms with Crippen LogP contribution in [-0.4, -0.2) is 27.8 Å². The second-order valence-electron chi connectivity index (χ2n) is 5.92. The van der Waals surface area contributed by atoms with Crippen LogP contribution in [0.3, 0.4) is 0 Å². The van der Waals surface area contributed by atoms with Gasteiger partial charge in [-0.05, 0) is 42.5 Å². The number of carbonyl (C=O) groups excluding carboxylic acids is 1. The molecule has 2 aromatic carbocycles. The number of fused-ring (bicyclic) bond motifs is 2. The zero-order valence-corrected chi connectivity index (χ0v) is 14.2. The van der Waals surface area contributed by atoms with Gasteiger partial charge in [0.2, 0.25) is 0 Å². The van der Waals surface area contributed by atoms with E-state index in [1.165, 1.54) is 23.5 Å². The van der Waals surface area contributed by atoms with Crippen molar-refractivity contribution < 1.29 is 9.18 Å². The number of nitrogens with zero attached hydrogens (tertiary/aromatic N) is 2. The maximum atomic E-state index is 13.3. The fourth-order valence-electron chi connectivity index (χ4n) is 2.87. The lowest BCUT2D eigenvalue weighted by Crippen LogP contribution is -2.26. The number of H-pyrrole nitrogens is 1. The summed E-state index contributed by atoms with van der Waals surface area (Å²) in [4.78, 5) is 21.7. The number of halogens is 1. The Bertz CT molecular complexity index is 1100. The molecule has 3 N–H and O–H groups in total. The molecule has 0 aliphatic heterocycles. The molecule has 4 aromatic rings. The van der Waals surface area contributed by atoms with Gasteiger partial charge in [0.25, 0.3) is 5.91 Å². The van der Waals surface area contributed by atoms with Gasteiger partial charge >= 0.3 is 0 Å². The van der Waals surface area contributed by atoms with Gasteiger partial charge in [0, 0.05) is 29.2 Å². The predicted molar refractivity (Wildman–Crippen MR) is 98.1 cm³/mol. The standard InChI is InChI=1S/C18H15FN4OS/c1-23(9-13-7-11-6-12(19)3-4-14(11)21-13)17(24)10-2-5-16-15(8-10)22-18(20)25-16/h2-8,21H,9H2,1H3,(H2,20,22). The largest absolute Gasteiger partial charge is 0.375 e. The van der Waals surface area contributed by atoms with E-state index in [-0.39, 0.29) is 11.7 Å². The third-order valence-corrected chi connectivity index (χ3v) is 4.91. The van der Waals surface area contributed by atoms with Crippen LogP contribution in [0, 0.1) is 5.82 Å². The van der Waals surface area contributed by atoms with Crippen molar-refractivity contribution in [1.82, 2.24) is 14.9 Å². The maximum Gasteiger partial charge on any atom is 0.254 e. The van der Waals surface area contributed by atoms with Gasteiger partial charge in [0.15, 0.2) is 5.13 Å². The van der Waals surface area contributed by atoms with Crippen LogP contribution < -0.4 is 5.73 Å². The molecule has 0 radical (unpaired) electrons. The van der Waals surface area contributed by atoms with Crippen molar-refractivity contribution in [3.8, 4) is 0 Å². The molecule has 4 rings (SSSR count). The minimum absolute atomic E-state index is 0.113. The zero-order valence-electron chi connectivity index (χ0n) is 13.4. The van der Waals surface area contributed by atoms with Gasteiger partial charge in [0.05, 0.1) is 16.8 Å². The SMILES string of the molecule is CN(Cc1cc2cc(F)ccc2[nH]1)C(=O)c1ccc2sc(N)nc2c1. The number of nitrogens with one attached hydrogen (secondary N) is 1. The second kappa shape index (κ2) is 5.86. The Kier molecular flexibility index (Phi) is 3.65. The van der Waals surface area contributed by atoms with Gasteiger partial charge in [-0.2, -0.15) is 0 Å². The van der Waals surface area contributed by atoms with Crippen molar-refractivity contribution in [3.05, 3.63) is 59.5 Å². The van der Waals surface area contributed by atoms with Crippen LogP contribution in [0.25, 0.3) is 21.1 Å². The minimum Gasteiger partial charge on any atom is -0.375 e. The highest BCUT2D eigenvalue weighted by Gasteiger charge is 2.15. The van der Waals surface area contributed by atoms with Crippen molar-refractivity contribution >= 4 is 43.5 Å². The Morgan fingerprint density at radius 3 is 2.96 bits per heavy atom. The molecule has 0 saturated heterocycles. The molecule has 0 saturated carbocycles. The Morgan fingerprint density at radius 2 is 2.12 bits per heavy atom. The van der Waals surface area contributed by atoms with E-state index in [4.69, 9.17) is 5.73 Å². The summed E-state index contributed by atoms with van der Waals surface area (Å²) < 4.78 is 14.2. The predicted octanol–water partition coefficient (Wildman–Crippen LogP) is 3.77. The van der Waals surface area contributed by atoms with Crippen LogP contribution >= 0.6 is 11.3 Å². The van der Waals surface area contributed by atoms with Gasteiger partial charge in [-0.25, -0.2) is 9.37 Å². The number of rotatable bonds is 3. The number of nitrogen functional groups attached to an aromatic ring is 1. The lowest BCUT2D eigenvalue weighted by Gasteiger charge is -2.16. The number of nitrogens with two attached hydrogens (primary N) is 1. The monoisotopic (exact) mass is 354 g/mol. The first kappa shape index (κ1) is 15.6. The summed E-state index contributed by atoms with van der Waals surface area (Å²) in [6.45, 7) is 0.395. The van der Waals surface area contributed by atoms with E-state index in [1.54, 1.807) is 30.1 Å². The van der Waals surface area contributed by atoms with E-state index in [0.717, 1.165) is 26.8 Å². The number of benzene rings is 2. The number of carbonyl (C=O) groups is 1. The number of anilines is 1. The fraction of sp³-hybridized carbons (Fsp3) is 0.111. The molecule has 0 spiro atoms. The number of hydrogen-bond donors (Lipinski definition) is 2. The fourth-order valence-corrected chi connectivity index (χ4v) is 3.59. The highest BCUT2D eigenvalue weighted by atomic mass is 32.1. The molecule has 25 heavy (non-hydrogen) atoms. The van der Waals surface area contributed by atoms with Gasteiger partial charge in [-0.1, -0.05) is 11.3 Å². The molecule has 7 heteroatoms. The first-order valence-corrected chi connectivity index (χ1v) is 8.50. The summed E-state index contributed by atoms with van der Waals surface area (Å²) in [6.07, 6.45) is 0. The average molecular weight is 354 g/mol. The van der Waals surface area contributed by atoms with Crippen molar-refractivity contribution in [2.24, 2.45) is 0 Å². The lowest BCUT2D eigenvalue weighted by molar-refractivity contribution is 0.0784. The molecule has 0 atom stereocenters. The third-order valence-electron chi connectivity index (χ3n) is 4.04. The normalized spacial score (nSPS) is 11.3. The summed E-state index contributed by atoms with van der Waals surface area (Å²) in [5, 5.41) is 1.27. The Hall–Kier alpha value is -2.93. The van der Waals surface area contributed by atoms with Crippen LogP contribution in [0.2, 0.25) is 0 Å². The molecule has 0 aliphatic rings. The molecule has 0 fully saturated rings. The van der Waals surface area contributed by atoms with Crippen LogP contribution in [0.1, 0.15) is 16.1 Å². The van der Waals surface area contributed by atoms with E-state index >= 15 is 0 Å². The molecule has 0 bridgehead atoms. The van der Waals surface area contributed by atoms with E-state index in [0.29, 0.717) is 17.2 Å². The Morgan fingerprint density at radius 1 is 1.28 bits per heavy atom. The molecular weight excluding hydrogens is 339 g/mol. The number of amides is 1. The topological polar surface area (TPSA) is 75.0 Å². The first-order valence-electron chi connectivity index (χ1n) is 7.68. The molecule has 1 amide bonds. The average Bonchev–Trinajstić information content (AvgIpc) is 3.14. The lowest BCUT2D eigenvalue weighted by atomic mass is 10.2. The van der Waals surface area contributed by atoms with Crippen LogP contribution in [0.5, 0.6) is 0 Å². The van der Waals surface area contributed by atoms with Crippen LogP contribution in [0.15, 0.2) is 42.5 Å². The molecule has 5 nitrogen and oxygen atoms in total. The van der Waals surface area contributed by atoms with Crippen LogP contribution in [0.4, 0.5) is 9.52 Å².